The Balaban J connectivity index is 1.58. The summed E-state index contributed by atoms with van der Waals surface area (Å²) >= 11 is 0. The van der Waals surface area contributed by atoms with E-state index in [-0.39, 0.29) is 5.91 Å². The van der Waals surface area contributed by atoms with Gasteiger partial charge in [-0.15, -0.1) is 0 Å². The summed E-state index contributed by atoms with van der Waals surface area (Å²) in [6.07, 6.45) is 1.46. The van der Waals surface area contributed by atoms with Gasteiger partial charge in [-0.2, -0.15) is 5.10 Å². The van der Waals surface area contributed by atoms with Crippen molar-refractivity contribution in [2.45, 2.75) is 32.7 Å². The molecule has 1 aromatic heterocycles. The number of nitrogens with zero attached hydrogens (tertiary/aromatic N) is 3. The number of amides is 1. The van der Waals surface area contributed by atoms with Gasteiger partial charge in [0.25, 0.3) is 0 Å². The van der Waals surface area contributed by atoms with Crippen molar-refractivity contribution in [1.29, 1.82) is 0 Å². The van der Waals surface area contributed by atoms with Crippen LogP contribution >= 0.6 is 0 Å². The monoisotopic (exact) mass is 350 g/mol. The maximum atomic E-state index is 12.5. The number of morpholine rings is 1. The van der Waals surface area contributed by atoms with Crippen molar-refractivity contribution in [3.05, 3.63) is 17.0 Å². The second kappa shape index (κ2) is 8.29. The van der Waals surface area contributed by atoms with Crippen molar-refractivity contribution in [1.82, 2.24) is 20.0 Å². The van der Waals surface area contributed by atoms with Crippen LogP contribution in [0.2, 0.25) is 0 Å². The molecule has 7 nitrogen and oxygen atoms in total. The van der Waals surface area contributed by atoms with Crippen molar-refractivity contribution < 1.29 is 14.3 Å². The van der Waals surface area contributed by atoms with E-state index >= 15 is 0 Å². The Morgan fingerprint density at radius 3 is 2.64 bits per heavy atom. The van der Waals surface area contributed by atoms with Crippen molar-refractivity contribution >= 4 is 5.91 Å². The average Bonchev–Trinajstić information content (AvgIpc) is 3.21. The molecule has 0 spiro atoms. The third-order valence-corrected chi connectivity index (χ3v) is 5.53. The van der Waals surface area contributed by atoms with Gasteiger partial charge in [0, 0.05) is 56.5 Å². The first kappa shape index (κ1) is 18.4. The summed E-state index contributed by atoms with van der Waals surface area (Å²) in [7, 11) is 1.91. The molecule has 0 aromatic carbocycles. The van der Waals surface area contributed by atoms with Gasteiger partial charge in [0.15, 0.2) is 0 Å². The van der Waals surface area contributed by atoms with Gasteiger partial charge in [-0.1, -0.05) is 0 Å². The van der Waals surface area contributed by atoms with Crippen LogP contribution in [-0.4, -0.2) is 72.7 Å². The minimum Gasteiger partial charge on any atom is -0.381 e. The van der Waals surface area contributed by atoms with Crippen LogP contribution in [0.5, 0.6) is 0 Å². The molecule has 7 heteroatoms. The lowest BCUT2D eigenvalue weighted by atomic mass is 9.96. The van der Waals surface area contributed by atoms with Crippen LogP contribution in [-0.2, 0) is 27.7 Å². The van der Waals surface area contributed by atoms with E-state index in [1.165, 1.54) is 0 Å². The number of aromatic nitrogens is 2. The standard InChI is InChI=1S/C18H30N4O3/c1-13-16(14(2)21(3)20-13)10-18(23)19-11-17(15-4-7-25-12-15)22-5-8-24-9-6-22/h15,17H,4-12H2,1-3H3,(H,19,23)/t15-,17-/m0/s1. The molecule has 2 atom stereocenters. The number of rotatable bonds is 6. The molecular formula is C18H30N4O3. The van der Waals surface area contributed by atoms with E-state index in [0.29, 0.717) is 24.9 Å². The summed E-state index contributed by atoms with van der Waals surface area (Å²) < 4.78 is 12.9. The van der Waals surface area contributed by atoms with E-state index < -0.39 is 0 Å². The van der Waals surface area contributed by atoms with Crippen LogP contribution in [0.3, 0.4) is 0 Å². The van der Waals surface area contributed by atoms with Gasteiger partial charge in [-0.05, 0) is 20.3 Å². The molecule has 25 heavy (non-hydrogen) atoms. The maximum Gasteiger partial charge on any atom is 0.224 e. The highest BCUT2D eigenvalue weighted by molar-refractivity contribution is 5.79. The molecule has 0 unspecified atom stereocenters. The molecule has 2 saturated heterocycles. The first-order valence-corrected chi connectivity index (χ1v) is 9.21. The summed E-state index contributed by atoms with van der Waals surface area (Å²) in [6, 6.07) is 0.325. The molecule has 2 aliphatic heterocycles. The van der Waals surface area contributed by atoms with E-state index in [1.54, 1.807) is 0 Å². The first-order valence-electron chi connectivity index (χ1n) is 9.21. The van der Waals surface area contributed by atoms with E-state index in [0.717, 1.165) is 62.9 Å². The van der Waals surface area contributed by atoms with Gasteiger partial charge in [-0.3, -0.25) is 14.4 Å². The Hall–Kier alpha value is -1.44. The highest BCUT2D eigenvalue weighted by atomic mass is 16.5. The molecule has 1 aromatic rings. The summed E-state index contributed by atoms with van der Waals surface area (Å²) in [5, 5.41) is 7.55. The molecule has 2 fully saturated rings. The predicted molar refractivity (Wildman–Crippen MR) is 94.5 cm³/mol. The van der Waals surface area contributed by atoms with Crippen molar-refractivity contribution in [3.8, 4) is 0 Å². The summed E-state index contributed by atoms with van der Waals surface area (Å²) in [5.41, 5.74) is 3.03. The second-order valence-corrected chi connectivity index (χ2v) is 7.09. The number of aryl methyl sites for hydroxylation is 2. The molecule has 0 aliphatic carbocycles. The molecule has 0 radical (unpaired) electrons. The fourth-order valence-corrected chi connectivity index (χ4v) is 3.87. The lowest BCUT2D eigenvalue weighted by Gasteiger charge is -2.37. The van der Waals surface area contributed by atoms with Crippen molar-refractivity contribution in [3.63, 3.8) is 0 Å². The number of carbonyl (C=O) groups is 1. The van der Waals surface area contributed by atoms with Gasteiger partial charge in [0.05, 0.1) is 31.9 Å². The Bertz CT molecular complexity index is 589. The van der Waals surface area contributed by atoms with E-state index in [1.807, 2.05) is 25.6 Å². The molecule has 3 rings (SSSR count). The Labute approximate surface area is 149 Å². The summed E-state index contributed by atoms with van der Waals surface area (Å²) in [6.45, 7) is 9.66. The minimum atomic E-state index is 0.0661. The van der Waals surface area contributed by atoms with Gasteiger partial charge in [-0.25, -0.2) is 0 Å². The third kappa shape index (κ3) is 4.40. The largest absolute Gasteiger partial charge is 0.381 e. The third-order valence-electron chi connectivity index (χ3n) is 5.53. The molecule has 1 N–H and O–H groups in total. The molecule has 1 amide bonds. The number of carbonyl (C=O) groups excluding carboxylic acids is 1. The fraction of sp³-hybridized carbons (Fsp3) is 0.778. The minimum absolute atomic E-state index is 0.0661. The molecule has 3 heterocycles. The summed E-state index contributed by atoms with van der Waals surface area (Å²) in [4.78, 5) is 15.0. The number of nitrogens with one attached hydrogen (secondary N) is 1. The lowest BCUT2D eigenvalue weighted by molar-refractivity contribution is -0.121. The molecule has 2 aliphatic rings. The van der Waals surface area contributed by atoms with E-state index in [4.69, 9.17) is 9.47 Å². The van der Waals surface area contributed by atoms with Gasteiger partial charge < -0.3 is 14.8 Å². The Morgan fingerprint density at radius 1 is 1.28 bits per heavy atom. The zero-order valence-corrected chi connectivity index (χ0v) is 15.6. The average molecular weight is 350 g/mol. The van der Waals surface area contributed by atoms with Crippen LogP contribution in [0.25, 0.3) is 0 Å². The smallest absolute Gasteiger partial charge is 0.224 e. The van der Waals surface area contributed by atoms with Crippen LogP contribution in [0, 0.1) is 19.8 Å². The van der Waals surface area contributed by atoms with E-state index in [2.05, 4.69) is 15.3 Å². The molecule has 0 bridgehead atoms. The van der Waals surface area contributed by atoms with Crippen LogP contribution in [0.15, 0.2) is 0 Å². The van der Waals surface area contributed by atoms with E-state index in [9.17, 15) is 4.79 Å². The topological polar surface area (TPSA) is 68.6 Å². The van der Waals surface area contributed by atoms with Crippen LogP contribution < -0.4 is 5.32 Å². The van der Waals surface area contributed by atoms with Crippen molar-refractivity contribution in [2.24, 2.45) is 13.0 Å². The fourth-order valence-electron chi connectivity index (χ4n) is 3.87. The predicted octanol–water partition coefficient (Wildman–Crippen LogP) is 0.433. The van der Waals surface area contributed by atoms with Crippen LogP contribution in [0.4, 0.5) is 0 Å². The maximum absolute atomic E-state index is 12.5. The number of ether oxygens (including phenoxy) is 2. The van der Waals surface area contributed by atoms with Gasteiger partial charge in [0.1, 0.15) is 0 Å². The molecule has 0 saturated carbocycles. The Kier molecular flexibility index (Phi) is 6.09. The normalized spacial score (nSPS) is 22.9. The lowest BCUT2D eigenvalue weighted by Crippen LogP contribution is -2.52. The number of hydrogen-bond acceptors (Lipinski definition) is 5. The quantitative estimate of drug-likeness (QED) is 0.806. The molecule has 140 valence electrons. The zero-order chi connectivity index (χ0) is 17.8. The zero-order valence-electron chi connectivity index (χ0n) is 15.6. The molecular weight excluding hydrogens is 320 g/mol. The van der Waals surface area contributed by atoms with Crippen molar-refractivity contribution in [2.75, 3.05) is 46.1 Å². The van der Waals surface area contributed by atoms with Gasteiger partial charge >= 0.3 is 0 Å². The SMILES string of the molecule is Cc1nn(C)c(C)c1CC(=O)NC[C@@H]([C@H]1CCOC1)N1CCOCC1. The number of hydrogen-bond donors (Lipinski definition) is 1. The second-order valence-electron chi connectivity index (χ2n) is 7.09. The van der Waals surface area contributed by atoms with Gasteiger partial charge in [0.2, 0.25) is 5.91 Å². The highest BCUT2D eigenvalue weighted by Gasteiger charge is 2.31. The van der Waals surface area contributed by atoms with Crippen LogP contribution in [0.1, 0.15) is 23.4 Å². The highest BCUT2D eigenvalue weighted by Crippen LogP contribution is 2.22. The Morgan fingerprint density at radius 2 is 2.04 bits per heavy atom. The summed E-state index contributed by atoms with van der Waals surface area (Å²) in [5.74, 6) is 0.552. The first-order chi connectivity index (χ1) is 12.1.